The van der Waals surface area contributed by atoms with Crippen molar-refractivity contribution in [3.8, 4) is 0 Å². The molecule has 2 amide bonds. The summed E-state index contributed by atoms with van der Waals surface area (Å²) >= 11 is 0. The molecule has 1 aliphatic heterocycles. The highest BCUT2D eigenvalue weighted by Gasteiger charge is 2.32. The summed E-state index contributed by atoms with van der Waals surface area (Å²) < 4.78 is 67.5. The first kappa shape index (κ1) is 23.4. The van der Waals surface area contributed by atoms with Crippen molar-refractivity contribution >= 4 is 17.3 Å². The number of halogens is 5. The van der Waals surface area contributed by atoms with Crippen LogP contribution in [0.15, 0.2) is 36.8 Å². The van der Waals surface area contributed by atoms with Gasteiger partial charge in [-0.2, -0.15) is 23.4 Å². The fourth-order valence-corrected chi connectivity index (χ4v) is 4.01. The summed E-state index contributed by atoms with van der Waals surface area (Å²) in [6.07, 6.45) is -1.18. The number of nitrogens with one attached hydrogen (secondary N) is 2. The van der Waals surface area contributed by atoms with Crippen LogP contribution < -0.4 is 5.32 Å². The molecule has 0 unspecified atom stereocenters. The molecule has 0 radical (unpaired) electrons. The second-order valence-electron chi connectivity index (χ2n) is 8.05. The molecule has 0 aliphatic carbocycles. The lowest BCUT2D eigenvalue weighted by molar-refractivity contribution is -0.138. The molecule has 186 valence electrons. The molecule has 0 spiro atoms. The van der Waals surface area contributed by atoms with Crippen LogP contribution in [0.25, 0.3) is 5.52 Å². The van der Waals surface area contributed by atoms with Gasteiger partial charge in [-0.3, -0.25) is 19.7 Å². The van der Waals surface area contributed by atoms with E-state index >= 15 is 0 Å². The Morgan fingerprint density at radius 1 is 1.17 bits per heavy atom. The average molecular weight is 505 g/mol. The van der Waals surface area contributed by atoms with E-state index in [1.165, 1.54) is 33.9 Å². The maximum atomic E-state index is 14.3. The van der Waals surface area contributed by atoms with E-state index in [-0.39, 0.29) is 42.0 Å². The molecule has 0 bridgehead atoms. The quantitative estimate of drug-likeness (QED) is 0.415. The van der Waals surface area contributed by atoms with Crippen LogP contribution in [-0.4, -0.2) is 48.1 Å². The van der Waals surface area contributed by atoms with Gasteiger partial charge in [-0.25, -0.2) is 13.3 Å². The van der Waals surface area contributed by atoms with Crippen LogP contribution >= 0.6 is 0 Å². The van der Waals surface area contributed by atoms with E-state index in [1.54, 1.807) is 0 Å². The lowest BCUT2D eigenvalue weighted by Crippen LogP contribution is -2.36. The maximum absolute atomic E-state index is 14.3. The second-order valence-corrected chi connectivity index (χ2v) is 8.05. The van der Waals surface area contributed by atoms with Gasteiger partial charge in [0.05, 0.1) is 41.8 Å². The number of rotatable bonds is 4. The van der Waals surface area contributed by atoms with E-state index < -0.39 is 41.7 Å². The first-order valence-electron chi connectivity index (χ1n) is 10.6. The molecular formula is C22H16F5N7O2. The van der Waals surface area contributed by atoms with Gasteiger partial charge in [0, 0.05) is 24.5 Å². The highest BCUT2D eigenvalue weighted by atomic mass is 19.4. The van der Waals surface area contributed by atoms with Gasteiger partial charge < -0.3 is 10.2 Å². The Kier molecular flexibility index (Phi) is 5.65. The molecule has 0 saturated heterocycles. The summed E-state index contributed by atoms with van der Waals surface area (Å²) in [5.74, 6) is -2.91. The van der Waals surface area contributed by atoms with E-state index in [0.717, 1.165) is 0 Å². The van der Waals surface area contributed by atoms with E-state index in [1.807, 2.05) is 0 Å². The molecule has 14 heteroatoms. The van der Waals surface area contributed by atoms with Crippen molar-refractivity contribution in [3.63, 3.8) is 0 Å². The number of hydrogen-bond acceptors (Lipinski definition) is 5. The molecule has 0 aromatic carbocycles. The number of alkyl halides is 3. The number of nitrogens with zero attached hydrogens (tertiary/aromatic N) is 5. The molecule has 4 aromatic rings. The van der Waals surface area contributed by atoms with Crippen LogP contribution in [0.2, 0.25) is 0 Å². The minimum atomic E-state index is -4.74. The Balaban J connectivity index is 1.28. The van der Waals surface area contributed by atoms with Gasteiger partial charge in [-0.05, 0) is 24.6 Å². The zero-order valence-electron chi connectivity index (χ0n) is 18.2. The van der Waals surface area contributed by atoms with Gasteiger partial charge in [0.1, 0.15) is 17.2 Å². The van der Waals surface area contributed by atoms with Crippen molar-refractivity contribution in [2.45, 2.75) is 25.7 Å². The largest absolute Gasteiger partial charge is 0.417 e. The lowest BCUT2D eigenvalue weighted by Gasteiger charge is -2.26. The van der Waals surface area contributed by atoms with Crippen molar-refractivity contribution in [1.82, 2.24) is 35.0 Å². The minimum Gasteiger partial charge on any atom is -0.345 e. The van der Waals surface area contributed by atoms with Crippen molar-refractivity contribution < 1.29 is 31.5 Å². The molecule has 1 aliphatic rings. The molecular weight excluding hydrogens is 489 g/mol. The third-order valence-corrected chi connectivity index (χ3v) is 5.82. The van der Waals surface area contributed by atoms with Gasteiger partial charge >= 0.3 is 6.18 Å². The fraction of sp³-hybridized carbons (Fsp3) is 0.227. The van der Waals surface area contributed by atoms with Crippen molar-refractivity contribution in [2.75, 3.05) is 6.54 Å². The number of pyridine rings is 2. The monoisotopic (exact) mass is 505 g/mol. The Labute approximate surface area is 198 Å². The minimum absolute atomic E-state index is 0.0199. The van der Waals surface area contributed by atoms with Gasteiger partial charge in [-0.15, -0.1) is 0 Å². The van der Waals surface area contributed by atoms with Gasteiger partial charge in [0.25, 0.3) is 11.8 Å². The number of H-pyrrole nitrogens is 1. The van der Waals surface area contributed by atoms with Crippen LogP contribution in [0.1, 0.15) is 43.4 Å². The smallest absolute Gasteiger partial charge is 0.345 e. The fourth-order valence-electron chi connectivity index (χ4n) is 4.01. The molecule has 4 aromatic heterocycles. The highest BCUT2D eigenvalue weighted by molar-refractivity contribution is 6.01. The predicted octanol–water partition coefficient (Wildman–Crippen LogP) is 2.88. The number of hydrogen-bond donors (Lipinski definition) is 2. The van der Waals surface area contributed by atoms with Gasteiger partial charge in [0.15, 0.2) is 5.69 Å². The van der Waals surface area contributed by atoms with E-state index in [4.69, 9.17) is 0 Å². The third kappa shape index (κ3) is 4.14. The predicted molar refractivity (Wildman–Crippen MR) is 113 cm³/mol. The summed E-state index contributed by atoms with van der Waals surface area (Å²) in [4.78, 5) is 30.6. The molecule has 5 heterocycles. The Hall–Kier alpha value is -4.36. The number of carbonyl (C=O) groups excluding carboxylic acids is 2. The molecule has 2 N–H and O–H groups in total. The maximum Gasteiger partial charge on any atom is 0.417 e. The molecule has 9 nitrogen and oxygen atoms in total. The van der Waals surface area contributed by atoms with Crippen LogP contribution in [0.5, 0.6) is 0 Å². The van der Waals surface area contributed by atoms with Gasteiger partial charge in [-0.1, -0.05) is 0 Å². The SMILES string of the molecule is O=C(NCc1ncc(C(F)(F)F)cc1F)c1n[nH]c2c1CCN(C(=O)c1cnn3cccc(F)c13)C2. The number of carbonyl (C=O) groups is 2. The van der Waals surface area contributed by atoms with Crippen molar-refractivity contribution in [3.05, 3.63) is 82.2 Å². The molecule has 0 atom stereocenters. The summed E-state index contributed by atoms with van der Waals surface area (Å²) in [6.45, 7) is -0.156. The molecule has 0 fully saturated rings. The summed E-state index contributed by atoms with van der Waals surface area (Å²) in [7, 11) is 0. The van der Waals surface area contributed by atoms with E-state index in [9.17, 15) is 31.5 Å². The Morgan fingerprint density at radius 3 is 2.72 bits per heavy atom. The Morgan fingerprint density at radius 2 is 1.97 bits per heavy atom. The first-order valence-corrected chi connectivity index (χ1v) is 10.6. The summed E-state index contributed by atoms with van der Waals surface area (Å²) in [6, 6.07) is 3.01. The molecule has 5 rings (SSSR count). The topological polar surface area (TPSA) is 108 Å². The van der Waals surface area contributed by atoms with Crippen molar-refractivity contribution in [1.29, 1.82) is 0 Å². The number of aromatic amines is 1. The number of aromatic nitrogens is 5. The standard InChI is InChI=1S/C22H16F5N7O2/c23-14-2-1-4-34-19(14)13(8-30-34)21(36)33-5-3-12-17(10-33)31-32-18(12)20(35)29-9-16-15(24)6-11(7-28-16)22(25,26)27/h1-2,4,6-8H,3,5,9-10H2,(H,29,35)(H,31,32). The molecule has 0 saturated carbocycles. The van der Waals surface area contributed by atoms with Crippen LogP contribution in [0.4, 0.5) is 22.0 Å². The summed E-state index contributed by atoms with van der Waals surface area (Å²) in [5, 5.41) is 13.1. The Bertz CT molecular complexity index is 1490. The highest BCUT2D eigenvalue weighted by Crippen LogP contribution is 2.29. The lowest BCUT2D eigenvalue weighted by atomic mass is 10.0. The van der Waals surface area contributed by atoms with E-state index in [2.05, 4.69) is 25.6 Å². The van der Waals surface area contributed by atoms with Crippen LogP contribution in [0.3, 0.4) is 0 Å². The van der Waals surface area contributed by atoms with Crippen molar-refractivity contribution in [2.24, 2.45) is 0 Å². The van der Waals surface area contributed by atoms with E-state index in [0.29, 0.717) is 23.5 Å². The molecule has 36 heavy (non-hydrogen) atoms. The first-order chi connectivity index (χ1) is 17.1. The third-order valence-electron chi connectivity index (χ3n) is 5.82. The number of fused-ring (bicyclic) bond motifs is 2. The average Bonchev–Trinajstić information content (AvgIpc) is 3.47. The normalized spacial score (nSPS) is 13.6. The second kappa shape index (κ2) is 8.70. The zero-order valence-corrected chi connectivity index (χ0v) is 18.2. The van der Waals surface area contributed by atoms with Crippen LogP contribution in [-0.2, 0) is 25.7 Å². The number of amides is 2. The van der Waals surface area contributed by atoms with Crippen LogP contribution in [0, 0.1) is 11.6 Å². The van der Waals surface area contributed by atoms with Gasteiger partial charge in [0.2, 0.25) is 0 Å². The summed E-state index contributed by atoms with van der Waals surface area (Å²) in [5.41, 5.74) is -0.381. The zero-order chi connectivity index (χ0) is 25.6.